The number of nitrogens with zero attached hydrogens (tertiary/aromatic N) is 1. The predicted molar refractivity (Wildman–Crippen MR) is 85.5 cm³/mol. The van der Waals surface area contributed by atoms with E-state index in [-0.39, 0.29) is 5.54 Å². The molecule has 2 nitrogen and oxygen atoms in total. The lowest BCUT2D eigenvalue weighted by Gasteiger charge is -2.47. The third-order valence-corrected chi connectivity index (χ3v) is 4.61. The Morgan fingerprint density at radius 2 is 1.26 bits per heavy atom. The van der Waals surface area contributed by atoms with Crippen molar-refractivity contribution < 1.29 is 0 Å². The highest BCUT2D eigenvalue weighted by Crippen LogP contribution is 2.21. The van der Waals surface area contributed by atoms with Gasteiger partial charge < -0.3 is 5.73 Å². The molecule has 1 heterocycles. The summed E-state index contributed by atoms with van der Waals surface area (Å²) in [6, 6.07) is 0. The Morgan fingerprint density at radius 1 is 0.789 bits per heavy atom. The third kappa shape index (κ3) is 7.31. The normalized spacial score (nSPS) is 18.5. The van der Waals surface area contributed by atoms with Gasteiger partial charge >= 0.3 is 0 Å². The minimum Gasteiger partial charge on any atom is -0.323 e. The van der Waals surface area contributed by atoms with Crippen molar-refractivity contribution in [3.63, 3.8) is 0 Å². The largest absolute Gasteiger partial charge is 0.323 e. The SMILES string of the molecule is CCCCCCCCCCCCN1CC(N)(CC)C1. The molecule has 19 heavy (non-hydrogen) atoms. The topological polar surface area (TPSA) is 29.3 Å². The van der Waals surface area contributed by atoms with Crippen LogP contribution in [0.4, 0.5) is 0 Å². The molecule has 1 aliphatic heterocycles. The average Bonchev–Trinajstić information content (AvgIpc) is 2.38. The van der Waals surface area contributed by atoms with Crippen LogP contribution in [0, 0.1) is 0 Å². The number of rotatable bonds is 12. The molecule has 2 N–H and O–H groups in total. The van der Waals surface area contributed by atoms with E-state index in [1.165, 1.54) is 70.8 Å². The molecule has 0 bridgehead atoms. The Kier molecular flexibility index (Phi) is 8.72. The predicted octanol–water partition coefficient (Wildman–Crippen LogP) is 4.33. The molecular formula is C17H36N2. The molecule has 0 spiro atoms. The minimum atomic E-state index is 0.151. The van der Waals surface area contributed by atoms with Crippen LogP contribution in [0.5, 0.6) is 0 Å². The van der Waals surface area contributed by atoms with Crippen molar-refractivity contribution in [2.45, 2.75) is 90.0 Å². The molecule has 2 heteroatoms. The van der Waals surface area contributed by atoms with Crippen LogP contribution < -0.4 is 5.73 Å². The number of hydrogen-bond acceptors (Lipinski definition) is 2. The summed E-state index contributed by atoms with van der Waals surface area (Å²) in [5.41, 5.74) is 6.32. The summed E-state index contributed by atoms with van der Waals surface area (Å²) < 4.78 is 0. The average molecular weight is 268 g/mol. The van der Waals surface area contributed by atoms with Crippen molar-refractivity contribution in [3.8, 4) is 0 Å². The number of hydrogen-bond donors (Lipinski definition) is 1. The van der Waals surface area contributed by atoms with Crippen LogP contribution in [0.25, 0.3) is 0 Å². The fraction of sp³-hybridized carbons (Fsp3) is 1.00. The van der Waals surface area contributed by atoms with E-state index < -0.39 is 0 Å². The lowest BCUT2D eigenvalue weighted by Crippen LogP contribution is -2.66. The molecule has 0 radical (unpaired) electrons. The molecule has 1 rings (SSSR count). The van der Waals surface area contributed by atoms with E-state index in [0.29, 0.717) is 0 Å². The van der Waals surface area contributed by atoms with E-state index in [2.05, 4.69) is 18.7 Å². The number of nitrogens with two attached hydrogens (primary N) is 1. The van der Waals surface area contributed by atoms with E-state index >= 15 is 0 Å². The Bertz CT molecular complexity index is 209. The molecule has 0 amide bonds. The van der Waals surface area contributed by atoms with Crippen LogP contribution in [0.1, 0.15) is 84.5 Å². The first kappa shape index (κ1) is 17.0. The number of likely N-dealkylation sites (tertiary alicyclic amines) is 1. The van der Waals surface area contributed by atoms with Crippen LogP contribution in [0.15, 0.2) is 0 Å². The summed E-state index contributed by atoms with van der Waals surface area (Å²) in [6.07, 6.45) is 15.4. The lowest BCUT2D eigenvalue weighted by atomic mass is 9.88. The van der Waals surface area contributed by atoms with Gasteiger partial charge in [-0.3, -0.25) is 4.90 Å². The fourth-order valence-corrected chi connectivity index (χ4v) is 3.05. The standard InChI is InChI=1S/C17H36N2/c1-3-5-6-7-8-9-10-11-12-13-14-19-15-17(18,4-2)16-19/h3-16,18H2,1-2H3. The summed E-state index contributed by atoms with van der Waals surface area (Å²) in [7, 11) is 0. The van der Waals surface area contributed by atoms with Gasteiger partial charge in [-0.1, -0.05) is 71.6 Å². The third-order valence-electron chi connectivity index (χ3n) is 4.61. The van der Waals surface area contributed by atoms with E-state index in [4.69, 9.17) is 5.73 Å². The zero-order chi connectivity index (χ0) is 14.0. The monoisotopic (exact) mass is 268 g/mol. The molecule has 0 aromatic carbocycles. The van der Waals surface area contributed by atoms with Crippen LogP contribution in [-0.2, 0) is 0 Å². The molecule has 1 saturated heterocycles. The maximum absolute atomic E-state index is 6.17. The van der Waals surface area contributed by atoms with Crippen molar-refractivity contribution in [3.05, 3.63) is 0 Å². The molecular weight excluding hydrogens is 232 g/mol. The van der Waals surface area contributed by atoms with Gasteiger partial charge in [-0.05, 0) is 19.4 Å². The minimum absolute atomic E-state index is 0.151. The molecule has 0 aromatic heterocycles. The molecule has 114 valence electrons. The van der Waals surface area contributed by atoms with Gasteiger partial charge in [0, 0.05) is 18.6 Å². The van der Waals surface area contributed by atoms with Gasteiger partial charge in [0.15, 0.2) is 0 Å². The molecule has 0 aromatic rings. The summed E-state index contributed by atoms with van der Waals surface area (Å²) in [5, 5.41) is 0. The Morgan fingerprint density at radius 3 is 1.74 bits per heavy atom. The van der Waals surface area contributed by atoms with Gasteiger partial charge in [0.05, 0.1) is 0 Å². The maximum atomic E-state index is 6.17. The summed E-state index contributed by atoms with van der Waals surface area (Å²) in [5.74, 6) is 0. The van der Waals surface area contributed by atoms with Crippen LogP contribution in [0.3, 0.4) is 0 Å². The Labute approximate surface area is 121 Å². The number of unbranched alkanes of at least 4 members (excludes halogenated alkanes) is 9. The molecule has 0 unspecified atom stereocenters. The van der Waals surface area contributed by atoms with Crippen LogP contribution in [0.2, 0.25) is 0 Å². The van der Waals surface area contributed by atoms with E-state index in [0.717, 1.165) is 19.5 Å². The Balaban J connectivity index is 1.75. The second-order valence-electron chi connectivity index (χ2n) is 6.61. The van der Waals surface area contributed by atoms with E-state index in [1.54, 1.807) is 0 Å². The highest BCUT2D eigenvalue weighted by Gasteiger charge is 2.36. The summed E-state index contributed by atoms with van der Waals surface area (Å²) >= 11 is 0. The second kappa shape index (κ2) is 9.77. The first-order valence-corrected chi connectivity index (χ1v) is 8.71. The molecule has 1 fully saturated rings. The Hall–Kier alpha value is -0.0800. The van der Waals surface area contributed by atoms with Gasteiger partial charge in [0.1, 0.15) is 0 Å². The van der Waals surface area contributed by atoms with Crippen molar-refractivity contribution in [1.29, 1.82) is 0 Å². The van der Waals surface area contributed by atoms with Crippen molar-refractivity contribution in [2.75, 3.05) is 19.6 Å². The molecule has 0 saturated carbocycles. The van der Waals surface area contributed by atoms with Gasteiger partial charge in [-0.25, -0.2) is 0 Å². The van der Waals surface area contributed by atoms with E-state index in [1.807, 2.05) is 0 Å². The van der Waals surface area contributed by atoms with E-state index in [9.17, 15) is 0 Å². The molecule has 0 aliphatic carbocycles. The highest BCUT2D eigenvalue weighted by atomic mass is 15.2. The maximum Gasteiger partial charge on any atom is 0.0409 e. The second-order valence-corrected chi connectivity index (χ2v) is 6.61. The fourth-order valence-electron chi connectivity index (χ4n) is 3.05. The zero-order valence-corrected chi connectivity index (χ0v) is 13.4. The summed E-state index contributed by atoms with van der Waals surface area (Å²) in [4.78, 5) is 2.52. The van der Waals surface area contributed by atoms with Crippen molar-refractivity contribution in [2.24, 2.45) is 5.73 Å². The quantitative estimate of drug-likeness (QED) is 0.534. The first-order chi connectivity index (χ1) is 9.20. The molecule has 1 aliphatic rings. The van der Waals surface area contributed by atoms with Crippen LogP contribution >= 0.6 is 0 Å². The van der Waals surface area contributed by atoms with Gasteiger partial charge in [-0.2, -0.15) is 0 Å². The van der Waals surface area contributed by atoms with Crippen LogP contribution in [-0.4, -0.2) is 30.1 Å². The molecule has 0 atom stereocenters. The van der Waals surface area contributed by atoms with Gasteiger partial charge in [-0.15, -0.1) is 0 Å². The zero-order valence-electron chi connectivity index (χ0n) is 13.4. The first-order valence-electron chi connectivity index (χ1n) is 8.71. The highest BCUT2D eigenvalue weighted by molar-refractivity contribution is 4.98. The smallest absolute Gasteiger partial charge is 0.0409 e. The lowest BCUT2D eigenvalue weighted by molar-refractivity contribution is 0.0663. The van der Waals surface area contributed by atoms with Crippen molar-refractivity contribution in [1.82, 2.24) is 4.90 Å². The van der Waals surface area contributed by atoms with Gasteiger partial charge in [0.2, 0.25) is 0 Å². The summed E-state index contributed by atoms with van der Waals surface area (Å²) in [6.45, 7) is 8.02. The van der Waals surface area contributed by atoms with Crippen molar-refractivity contribution >= 4 is 0 Å². The van der Waals surface area contributed by atoms with Gasteiger partial charge in [0.25, 0.3) is 0 Å².